The Hall–Kier alpha value is -0.0531. The van der Waals surface area contributed by atoms with E-state index in [4.69, 9.17) is 27.6 Å². The molecule has 0 saturated carbocycles. The fraction of sp³-hybridized carbons (Fsp3) is 0.929. The van der Waals surface area contributed by atoms with E-state index in [1.807, 2.05) is 19.6 Å². The van der Waals surface area contributed by atoms with E-state index in [1.165, 1.54) is 28.4 Å². The van der Waals surface area contributed by atoms with Gasteiger partial charge in [-0.1, -0.05) is 6.42 Å². The molecule has 0 bridgehead atoms. The lowest BCUT2D eigenvalue weighted by Gasteiger charge is -2.44. The van der Waals surface area contributed by atoms with Crippen LogP contribution in [0, 0.1) is 0 Å². The molecule has 0 aromatic rings. The van der Waals surface area contributed by atoms with Crippen molar-refractivity contribution in [3.05, 3.63) is 0 Å². The molecule has 0 unspecified atom stereocenters. The first-order valence-corrected chi connectivity index (χ1v) is 14.7. The highest BCUT2D eigenvalue weighted by Gasteiger charge is 2.66. The molecule has 0 aromatic heterocycles. The lowest BCUT2D eigenvalue weighted by atomic mass is 10.1. The van der Waals surface area contributed by atoms with Gasteiger partial charge in [0.2, 0.25) is 0 Å². The zero-order valence-electron chi connectivity index (χ0n) is 16.6. The number of hydrogen-bond donors (Lipinski definition) is 1. The summed E-state index contributed by atoms with van der Waals surface area (Å²) in [6.45, 7) is 5.53. The molecule has 156 valence electrons. The Bertz CT molecular complexity index is 505. The van der Waals surface area contributed by atoms with Crippen LogP contribution in [0.15, 0.2) is 0 Å². The lowest BCUT2D eigenvalue weighted by molar-refractivity contribution is -0.137. The van der Waals surface area contributed by atoms with E-state index in [0.29, 0.717) is 19.3 Å². The lowest BCUT2D eigenvalue weighted by Crippen LogP contribution is -2.44. The highest BCUT2D eigenvalue weighted by atomic mass is 31.2. The second-order valence-electron chi connectivity index (χ2n) is 6.64. The predicted octanol–water partition coefficient (Wildman–Crippen LogP) is 4.50. The number of unbranched alkanes of at least 4 members (excludes halogenated alkanes) is 2. The van der Waals surface area contributed by atoms with Gasteiger partial charge < -0.3 is 27.6 Å². The first kappa shape index (κ1) is 25.9. The van der Waals surface area contributed by atoms with E-state index < -0.39 is 34.6 Å². The molecule has 0 spiro atoms. The van der Waals surface area contributed by atoms with Crippen molar-refractivity contribution < 1.29 is 41.6 Å². The standard InChI is InChI=1S/C14H32O9P2Si/c1-19-24(17,20-2)14(23-26(5,6)7,25(18,21-3)22-4)12-10-8-9-11-13(15)16/h8-12H2,1-7H3,(H,15,16). The van der Waals surface area contributed by atoms with Crippen LogP contribution in [0.1, 0.15) is 32.1 Å². The van der Waals surface area contributed by atoms with Crippen LogP contribution in [0.4, 0.5) is 0 Å². The number of carboxylic acids is 1. The predicted molar refractivity (Wildman–Crippen MR) is 101 cm³/mol. The third-order valence-corrected chi connectivity index (χ3v) is 10.7. The van der Waals surface area contributed by atoms with Crippen LogP contribution in [0.3, 0.4) is 0 Å². The zero-order valence-corrected chi connectivity index (χ0v) is 19.4. The maximum atomic E-state index is 13.4. The zero-order chi connectivity index (χ0) is 20.6. The normalized spacial score (nSPS) is 13.8. The molecule has 0 aliphatic carbocycles. The molecule has 0 rings (SSSR count). The van der Waals surface area contributed by atoms with Crippen LogP contribution in [-0.2, 0) is 36.4 Å². The van der Waals surface area contributed by atoms with Crippen molar-refractivity contribution >= 4 is 29.5 Å². The maximum Gasteiger partial charge on any atom is 0.373 e. The minimum Gasteiger partial charge on any atom is -0.481 e. The Labute approximate surface area is 156 Å². The monoisotopic (exact) mass is 434 g/mol. The summed E-state index contributed by atoms with van der Waals surface area (Å²) in [6, 6.07) is 0. The first-order valence-electron chi connectivity index (χ1n) is 8.22. The number of hydrogen-bond acceptors (Lipinski definition) is 8. The van der Waals surface area contributed by atoms with Crippen molar-refractivity contribution in [1.29, 1.82) is 0 Å². The SMILES string of the molecule is COP(=O)(OC)C(CCCCCC(=O)O)(O[Si](C)(C)C)P(=O)(OC)OC. The molecule has 0 fully saturated rings. The number of carbonyl (C=O) groups is 1. The van der Waals surface area contributed by atoms with Crippen molar-refractivity contribution in [1.82, 2.24) is 0 Å². The maximum absolute atomic E-state index is 13.4. The number of rotatable bonds is 14. The van der Waals surface area contributed by atoms with Crippen LogP contribution in [-0.4, -0.2) is 52.9 Å². The van der Waals surface area contributed by atoms with E-state index in [0.717, 1.165) is 0 Å². The minimum absolute atomic E-state index is 0.00873. The Balaban J connectivity index is 6.02. The van der Waals surface area contributed by atoms with E-state index in [9.17, 15) is 13.9 Å². The summed E-state index contributed by atoms with van der Waals surface area (Å²) < 4.78 is 53.6. The summed E-state index contributed by atoms with van der Waals surface area (Å²) in [5, 5.41) is 6.82. The van der Waals surface area contributed by atoms with Gasteiger partial charge in [-0.25, -0.2) is 0 Å². The molecule has 0 amide bonds. The molecule has 0 saturated heterocycles. The van der Waals surface area contributed by atoms with Gasteiger partial charge >= 0.3 is 21.2 Å². The highest BCUT2D eigenvalue weighted by Crippen LogP contribution is 2.79. The van der Waals surface area contributed by atoms with Crippen molar-refractivity contribution in [2.75, 3.05) is 28.4 Å². The molecule has 0 atom stereocenters. The van der Waals surface area contributed by atoms with Gasteiger partial charge in [0.15, 0.2) is 8.32 Å². The van der Waals surface area contributed by atoms with Crippen LogP contribution in [0.25, 0.3) is 0 Å². The Kier molecular flexibility index (Phi) is 10.5. The van der Waals surface area contributed by atoms with Gasteiger partial charge in [0.05, 0.1) is 0 Å². The topological polar surface area (TPSA) is 118 Å². The largest absolute Gasteiger partial charge is 0.481 e. The molecular weight excluding hydrogens is 402 g/mol. The highest BCUT2D eigenvalue weighted by molar-refractivity contribution is 7.74. The van der Waals surface area contributed by atoms with Crippen LogP contribution in [0.2, 0.25) is 19.6 Å². The van der Waals surface area contributed by atoms with Gasteiger partial charge in [-0.2, -0.15) is 0 Å². The van der Waals surface area contributed by atoms with Crippen molar-refractivity contribution in [2.45, 2.75) is 56.8 Å². The average Bonchev–Trinajstić information content (AvgIpc) is 2.57. The molecule has 0 aliphatic heterocycles. The molecule has 1 N–H and O–H groups in total. The molecule has 26 heavy (non-hydrogen) atoms. The first-order chi connectivity index (χ1) is 11.9. The molecule has 9 nitrogen and oxygen atoms in total. The Morgan fingerprint density at radius 2 is 1.31 bits per heavy atom. The third-order valence-electron chi connectivity index (χ3n) is 3.68. The Morgan fingerprint density at radius 3 is 1.62 bits per heavy atom. The van der Waals surface area contributed by atoms with Gasteiger partial charge in [0.25, 0.3) is 5.08 Å². The van der Waals surface area contributed by atoms with Gasteiger partial charge in [-0.15, -0.1) is 0 Å². The fourth-order valence-corrected chi connectivity index (χ4v) is 10.7. The molecular formula is C14H32O9P2Si. The Morgan fingerprint density at radius 1 is 0.885 bits per heavy atom. The molecule has 0 aromatic carbocycles. The molecule has 0 radical (unpaired) electrons. The molecule has 12 heteroatoms. The summed E-state index contributed by atoms with van der Waals surface area (Å²) in [5.41, 5.74) is 0. The average molecular weight is 434 g/mol. The summed E-state index contributed by atoms with van der Waals surface area (Å²) in [7, 11) is -5.79. The smallest absolute Gasteiger partial charge is 0.373 e. The van der Waals surface area contributed by atoms with E-state index in [1.54, 1.807) is 0 Å². The van der Waals surface area contributed by atoms with Gasteiger partial charge in [0, 0.05) is 34.9 Å². The number of aliphatic carboxylic acids is 1. The van der Waals surface area contributed by atoms with Gasteiger partial charge in [-0.3, -0.25) is 13.9 Å². The summed E-state index contributed by atoms with van der Waals surface area (Å²) in [6.07, 6.45) is 1.33. The molecule has 0 heterocycles. The second-order valence-corrected chi connectivity index (χ2v) is 16.3. The minimum atomic E-state index is -4.06. The van der Waals surface area contributed by atoms with Crippen molar-refractivity contribution in [3.8, 4) is 0 Å². The van der Waals surface area contributed by atoms with Crippen LogP contribution >= 0.6 is 15.2 Å². The van der Waals surface area contributed by atoms with Gasteiger partial charge in [0.1, 0.15) is 0 Å². The van der Waals surface area contributed by atoms with E-state index in [2.05, 4.69) is 0 Å². The number of carboxylic acid groups (broad SMARTS) is 1. The molecule has 0 aliphatic rings. The summed E-state index contributed by atoms with van der Waals surface area (Å²) in [4.78, 5) is 10.7. The van der Waals surface area contributed by atoms with Crippen LogP contribution in [0.5, 0.6) is 0 Å². The fourth-order valence-electron chi connectivity index (χ4n) is 2.60. The van der Waals surface area contributed by atoms with Gasteiger partial charge in [-0.05, 0) is 38.9 Å². The van der Waals surface area contributed by atoms with E-state index >= 15 is 0 Å². The van der Waals surface area contributed by atoms with E-state index in [-0.39, 0.29) is 12.8 Å². The van der Waals surface area contributed by atoms with Crippen molar-refractivity contribution in [3.63, 3.8) is 0 Å². The quantitative estimate of drug-likeness (QED) is 0.239. The summed E-state index contributed by atoms with van der Waals surface area (Å²) in [5.74, 6) is -0.895. The second kappa shape index (κ2) is 10.5. The van der Waals surface area contributed by atoms with Crippen LogP contribution < -0.4 is 0 Å². The van der Waals surface area contributed by atoms with Crippen molar-refractivity contribution in [2.24, 2.45) is 0 Å². The summed E-state index contributed by atoms with van der Waals surface area (Å²) >= 11 is 0. The third kappa shape index (κ3) is 6.24.